The summed E-state index contributed by atoms with van der Waals surface area (Å²) in [7, 11) is 0. The zero-order valence-electron chi connectivity index (χ0n) is 12.2. The van der Waals surface area contributed by atoms with Gasteiger partial charge in [-0.2, -0.15) is 13.2 Å². The molecule has 1 rings (SSSR count). The van der Waals surface area contributed by atoms with E-state index in [4.69, 9.17) is 5.11 Å². The fourth-order valence-corrected chi connectivity index (χ4v) is 2.55. The Balaban J connectivity index is 2.69. The van der Waals surface area contributed by atoms with Crippen LogP contribution in [0.1, 0.15) is 26.7 Å². The average Bonchev–Trinajstić information content (AvgIpc) is 2.33. The Bertz CT molecular complexity index is 385. The molecule has 0 aromatic rings. The molecule has 1 heterocycles. The number of likely N-dealkylation sites (tertiary alicyclic amines) is 1. The second kappa shape index (κ2) is 7.11. The first-order chi connectivity index (χ1) is 9.60. The van der Waals surface area contributed by atoms with E-state index >= 15 is 0 Å². The van der Waals surface area contributed by atoms with Gasteiger partial charge in [0.15, 0.2) is 0 Å². The van der Waals surface area contributed by atoms with Crippen LogP contribution in [0, 0.1) is 5.92 Å². The number of piperidine rings is 1. The maximum absolute atomic E-state index is 12.4. The van der Waals surface area contributed by atoms with Crippen LogP contribution in [0.4, 0.5) is 13.2 Å². The molecular weight excluding hydrogens is 289 g/mol. The fourth-order valence-electron chi connectivity index (χ4n) is 2.55. The first-order valence-corrected chi connectivity index (χ1v) is 6.91. The van der Waals surface area contributed by atoms with Gasteiger partial charge in [0.25, 0.3) is 0 Å². The highest BCUT2D eigenvalue weighted by Gasteiger charge is 2.36. The molecule has 0 bridgehead atoms. The molecule has 1 N–H and O–H groups in total. The van der Waals surface area contributed by atoms with Crippen LogP contribution in [0.15, 0.2) is 0 Å². The van der Waals surface area contributed by atoms with Gasteiger partial charge in [0.05, 0.1) is 12.5 Å². The molecule has 122 valence electrons. The molecule has 1 saturated heterocycles. The van der Waals surface area contributed by atoms with Crippen molar-refractivity contribution < 1.29 is 27.9 Å². The van der Waals surface area contributed by atoms with Crippen LogP contribution in [-0.2, 0) is 9.59 Å². The van der Waals surface area contributed by atoms with Gasteiger partial charge >= 0.3 is 12.1 Å². The first kappa shape index (κ1) is 17.7. The van der Waals surface area contributed by atoms with Gasteiger partial charge in [0.1, 0.15) is 6.54 Å². The van der Waals surface area contributed by atoms with Crippen molar-refractivity contribution >= 4 is 11.9 Å². The molecule has 1 aliphatic heterocycles. The summed E-state index contributed by atoms with van der Waals surface area (Å²) in [6.45, 7) is 2.27. The predicted molar refractivity (Wildman–Crippen MR) is 69.7 cm³/mol. The van der Waals surface area contributed by atoms with E-state index in [9.17, 15) is 22.8 Å². The second-order valence-electron chi connectivity index (χ2n) is 5.64. The number of hydrogen-bond donors (Lipinski definition) is 1. The minimum Gasteiger partial charge on any atom is -0.480 e. The molecule has 0 aliphatic carbocycles. The van der Waals surface area contributed by atoms with Crippen molar-refractivity contribution in [1.29, 1.82) is 0 Å². The third-order valence-electron chi connectivity index (χ3n) is 3.47. The molecule has 1 atom stereocenters. The van der Waals surface area contributed by atoms with Crippen molar-refractivity contribution in [2.24, 2.45) is 5.92 Å². The van der Waals surface area contributed by atoms with Gasteiger partial charge in [-0.15, -0.1) is 0 Å². The Labute approximate surface area is 121 Å². The van der Waals surface area contributed by atoms with Crippen molar-refractivity contribution in [2.75, 3.05) is 26.2 Å². The van der Waals surface area contributed by atoms with E-state index in [1.807, 2.05) is 0 Å². The van der Waals surface area contributed by atoms with E-state index in [0.29, 0.717) is 19.4 Å². The highest BCUT2D eigenvalue weighted by Crippen LogP contribution is 2.24. The number of rotatable bonds is 5. The summed E-state index contributed by atoms with van der Waals surface area (Å²) < 4.78 is 37.2. The maximum atomic E-state index is 12.4. The lowest BCUT2D eigenvalue weighted by Gasteiger charge is -2.36. The van der Waals surface area contributed by atoms with E-state index in [1.54, 1.807) is 13.8 Å². The number of carboxylic acids is 1. The third-order valence-corrected chi connectivity index (χ3v) is 3.47. The molecule has 0 saturated carbocycles. The molecule has 0 radical (unpaired) electrons. The summed E-state index contributed by atoms with van der Waals surface area (Å²) in [6.07, 6.45) is -3.29. The Hall–Kier alpha value is -1.31. The van der Waals surface area contributed by atoms with Gasteiger partial charge in [-0.3, -0.25) is 14.5 Å². The zero-order valence-corrected chi connectivity index (χ0v) is 12.2. The molecule has 0 aromatic heterocycles. The SMILES string of the molecule is CC(C)N(CC(=O)O)C(=O)C1CCCN(CC(F)(F)F)C1. The number of aliphatic carboxylic acids is 1. The van der Waals surface area contributed by atoms with Gasteiger partial charge in [0, 0.05) is 12.6 Å². The summed E-state index contributed by atoms with van der Waals surface area (Å²) in [5, 5.41) is 8.83. The molecule has 5 nitrogen and oxygen atoms in total. The molecule has 1 unspecified atom stereocenters. The van der Waals surface area contributed by atoms with Crippen molar-refractivity contribution in [3.05, 3.63) is 0 Å². The summed E-state index contributed by atoms with van der Waals surface area (Å²) in [5.41, 5.74) is 0. The topological polar surface area (TPSA) is 60.9 Å². The van der Waals surface area contributed by atoms with Crippen LogP contribution in [-0.4, -0.2) is 65.2 Å². The second-order valence-corrected chi connectivity index (χ2v) is 5.64. The lowest BCUT2D eigenvalue weighted by atomic mass is 9.96. The smallest absolute Gasteiger partial charge is 0.401 e. The molecule has 0 spiro atoms. The molecule has 0 aromatic carbocycles. The van der Waals surface area contributed by atoms with E-state index in [2.05, 4.69) is 0 Å². The third kappa shape index (κ3) is 5.91. The molecule has 1 aliphatic rings. The average molecular weight is 310 g/mol. The minimum atomic E-state index is -4.29. The van der Waals surface area contributed by atoms with Crippen LogP contribution in [0.3, 0.4) is 0 Å². The van der Waals surface area contributed by atoms with E-state index in [-0.39, 0.29) is 18.5 Å². The van der Waals surface area contributed by atoms with Crippen LogP contribution in [0.5, 0.6) is 0 Å². The standard InChI is InChI=1S/C13H21F3N2O3/c1-9(2)18(7-11(19)20)12(21)10-4-3-5-17(6-10)8-13(14,15)16/h9-10H,3-8H2,1-2H3,(H,19,20). The molecule has 8 heteroatoms. The van der Waals surface area contributed by atoms with Crippen molar-refractivity contribution in [1.82, 2.24) is 9.80 Å². The van der Waals surface area contributed by atoms with Crippen LogP contribution >= 0.6 is 0 Å². The lowest BCUT2D eigenvalue weighted by molar-refractivity contribution is -0.156. The first-order valence-electron chi connectivity index (χ1n) is 6.91. The van der Waals surface area contributed by atoms with E-state index in [1.165, 1.54) is 9.80 Å². The Kier molecular flexibility index (Phi) is 6.00. The van der Waals surface area contributed by atoms with Crippen LogP contribution in [0.25, 0.3) is 0 Å². The monoisotopic (exact) mass is 310 g/mol. The minimum absolute atomic E-state index is 0.0290. The highest BCUT2D eigenvalue weighted by atomic mass is 19.4. The Morgan fingerprint density at radius 2 is 2.00 bits per heavy atom. The molecular formula is C13H21F3N2O3. The fraction of sp³-hybridized carbons (Fsp3) is 0.846. The number of carbonyl (C=O) groups is 2. The number of carbonyl (C=O) groups excluding carboxylic acids is 1. The lowest BCUT2D eigenvalue weighted by Crippen LogP contribution is -2.50. The largest absolute Gasteiger partial charge is 0.480 e. The van der Waals surface area contributed by atoms with Gasteiger partial charge in [0.2, 0.25) is 5.91 Å². The zero-order chi connectivity index (χ0) is 16.2. The summed E-state index contributed by atoms with van der Waals surface area (Å²) >= 11 is 0. The number of halogens is 3. The highest BCUT2D eigenvalue weighted by molar-refractivity contribution is 5.83. The molecule has 21 heavy (non-hydrogen) atoms. The van der Waals surface area contributed by atoms with Crippen LogP contribution in [0.2, 0.25) is 0 Å². The van der Waals surface area contributed by atoms with Crippen molar-refractivity contribution in [3.8, 4) is 0 Å². The van der Waals surface area contributed by atoms with E-state index < -0.39 is 31.2 Å². The van der Waals surface area contributed by atoms with E-state index in [0.717, 1.165) is 0 Å². The van der Waals surface area contributed by atoms with Gasteiger partial charge in [-0.05, 0) is 33.2 Å². The quantitative estimate of drug-likeness (QED) is 0.837. The number of carboxylic acid groups (broad SMARTS) is 1. The summed E-state index contributed by atoms with van der Waals surface area (Å²) in [4.78, 5) is 25.6. The number of nitrogens with zero attached hydrogens (tertiary/aromatic N) is 2. The maximum Gasteiger partial charge on any atom is 0.401 e. The molecule has 1 amide bonds. The molecule has 1 fully saturated rings. The van der Waals surface area contributed by atoms with Gasteiger partial charge in [-0.1, -0.05) is 0 Å². The van der Waals surface area contributed by atoms with Crippen LogP contribution < -0.4 is 0 Å². The Morgan fingerprint density at radius 1 is 1.38 bits per heavy atom. The predicted octanol–water partition coefficient (Wildman–Crippen LogP) is 1.58. The number of alkyl halides is 3. The summed E-state index contributed by atoms with van der Waals surface area (Å²) in [6, 6.07) is -0.299. The summed E-state index contributed by atoms with van der Waals surface area (Å²) in [5.74, 6) is -2.07. The van der Waals surface area contributed by atoms with Gasteiger partial charge < -0.3 is 10.0 Å². The Morgan fingerprint density at radius 3 is 2.48 bits per heavy atom. The number of hydrogen-bond acceptors (Lipinski definition) is 3. The van der Waals surface area contributed by atoms with Crippen molar-refractivity contribution in [3.63, 3.8) is 0 Å². The van der Waals surface area contributed by atoms with Crippen molar-refractivity contribution in [2.45, 2.75) is 38.9 Å². The van der Waals surface area contributed by atoms with Gasteiger partial charge in [-0.25, -0.2) is 0 Å². The number of amides is 1. The normalized spacial score (nSPS) is 20.6.